The zero-order valence-corrected chi connectivity index (χ0v) is 21.0. The number of ether oxygens (including phenoxy) is 2. The molecule has 2 aromatic heterocycles. The molecular weight excluding hydrogens is 501 g/mol. The zero-order valence-electron chi connectivity index (χ0n) is 21.0. The SMILES string of the molecule is O=C(O)c1c(-c2ccc(F)cc2)oc2cc(N3CCOCC3)c(OCc3nccn3Cc3ccccc3)cc12. The van der Waals surface area contributed by atoms with E-state index in [-0.39, 0.29) is 17.9 Å². The largest absolute Gasteiger partial charge is 0.483 e. The highest BCUT2D eigenvalue weighted by Crippen LogP contribution is 2.41. The molecule has 0 saturated carbocycles. The number of rotatable bonds is 8. The molecule has 0 unspecified atom stereocenters. The van der Waals surface area contributed by atoms with Crippen LogP contribution in [0.5, 0.6) is 5.75 Å². The Balaban J connectivity index is 1.39. The highest BCUT2D eigenvalue weighted by Gasteiger charge is 2.26. The normalized spacial score (nSPS) is 13.6. The third-order valence-electron chi connectivity index (χ3n) is 6.80. The second-order valence-electron chi connectivity index (χ2n) is 9.28. The van der Waals surface area contributed by atoms with Gasteiger partial charge in [-0.05, 0) is 35.9 Å². The number of carbonyl (C=O) groups is 1. The maximum Gasteiger partial charge on any atom is 0.340 e. The lowest BCUT2D eigenvalue weighted by atomic mass is 10.0. The summed E-state index contributed by atoms with van der Waals surface area (Å²) < 4.78 is 33.5. The molecule has 9 heteroatoms. The average molecular weight is 528 g/mol. The van der Waals surface area contributed by atoms with Gasteiger partial charge in [-0.25, -0.2) is 14.2 Å². The van der Waals surface area contributed by atoms with E-state index in [2.05, 4.69) is 22.0 Å². The Hall–Kier alpha value is -4.63. The van der Waals surface area contributed by atoms with E-state index in [9.17, 15) is 14.3 Å². The molecule has 0 bridgehead atoms. The molecular formula is C30H26FN3O5. The monoisotopic (exact) mass is 527 g/mol. The summed E-state index contributed by atoms with van der Waals surface area (Å²) in [4.78, 5) is 19.0. The minimum Gasteiger partial charge on any atom is -0.483 e. The summed E-state index contributed by atoms with van der Waals surface area (Å²) >= 11 is 0. The second-order valence-corrected chi connectivity index (χ2v) is 9.28. The minimum atomic E-state index is -1.14. The van der Waals surface area contributed by atoms with Crippen LogP contribution >= 0.6 is 0 Å². The topological polar surface area (TPSA) is 90.0 Å². The van der Waals surface area contributed by atoms with Crippen LogP contribution in [0.15, 0.2) is 83.5 Å². The van der Waals surface area contributed by atoms with Gasteiger partial charge in [0.1, 0.15) is 40.9 Å². The number of anilines is 1. The van der Waals surface area contributed by atoms with Crippen LogP contribution in [0, 0.1) is 5.82 Å². The lowest BCUT2D eigenvalue weighted by Gasteiger charge is -2.30. The van der Waals surface area contributed by atoms with Crippen molar-refractivity contribution in [3.63, 3.8) is 0 Å². The van der Waals surface area contributed by atoms with E-state index in [0.717, 1.165) is 17.1 Å². The number of furan rings is 1. The van der Waals surface area contributed by atoms with Crippen molar-refractivity contribution in [2.75, 3.05) is 31.2 Å². The predicted octanol–water partition coefficient (Wildman–Crippen LogP) is 5.60. The zero-order chi connectivity index (χ0) is 26.8. The van der Waals surface area contributed by atoms with Gasteiger partial charge in [-0.15, -0.1) is 0 Å². The van der Waals surface area contributed by atoms with Crippen molar-refractivity contribution in [3.8, 4) is 17.1 Å². The number of carboxylic acid groups (broad SMARTS) is 1. The maximum absolute atomic E-state index is 13.5. The van der Waals surface area contributed by atoms with E-state index >= 15 is 0 Å². The highest BCUT2D eigenvalue weighted by atomic mass is 19.1. The molecule has 0 amide bonds. The first-order chi connectivity index (χ1) is 19.1. The Morgan fingerprint density at radius 1 is 1.05 bits per heavy atom. The number of morpholine rings is 1. The number of hydrogen-bond acceptors (Lipinski definition) is 6. The van der Waals surface area contributed by atoms with Crippen molar-refractivity contribution in [1.82, 2.24) is 9.55 Å². The van der Waals surface area contributed by atoms with E-state index < -0.39 is 11.8 Å². The summed E-state index contributed by atoms with van der Waals surface area (Å²) in [5.74, 6) is -0.127. The quantitative estimate of drug-likeness (QED) is 0.281. The molecule has 1 saturated heterocycles. The Labute approximate surface area is 223 Å². The fourth-order valence-corrected chi connectivity index (χ4v) is 4.84. The molecule has 8 nitrogen and oxygen atoms in total. The molecule has 0 spiro atoms. The summed E-state index contributed by atoms with van der Waals surface area (Å²) in [6, 6.07) is 19.2. The summed E-state index contributed by atoms with van der Waals surface area (Å²) in [5, 5.41) is 10.5. The summed E-state index contributed by atoms with van der Waals surface area (Å²) in [5.41, 5.74) is 2.81. The van der Waals surface area contributed by atoms with E-state index in [1.807, 2.05) is 35.0 Å². The fourth-order valence-electron chi connectivity index (χ4n) is 4.84. The van der Waals surface area contributed by atoms with Crippen LogP contribution in [-0.2, 0) is 17.9 Å². The summed E-state index contributed by atoms with van der Waals surface area (Å²) in [6.07, 6.45) is 3.65. The number of aromatic nitrogens is 2. The number of hydrogen-bond donors (Lipinski definition) is 1. The van der Waals surface area contributed by atoms with Gasteiger partial charge in [-0.3, -0.25) is 0 Å². The van der Waals surface area contributed by atoms with E-state index in [1.165, 1.54) is 24.3 Å². The van der Waals surface area contributed by atoms with Crippen molar-refractivity contribution < 1.29 is 28.2 Å². The average Bonchev–Trinajstić information content (AvgIpc) is 3.56. The van der Waals surface area contributed by atoms with Crippen LogP contribution < -0.4 is 9.64 Å². The van der Waals surface area contributed by atoms with Crippen molar-refractivity contribution in [3.05, 3.63) is 102 Å². The molecule has 3 heterocycles. The molecule has 0 radical (unpaired) electrons. The predicted molar refractivity (Wildman–Crippen MR) is 144 cm³/mol. The first-order valence-corrected chi connectivity index (χ1v) is 12.7. The molecule has 0 aliphatic carbocycles. The van der Waals surface area contributed by atoms with Gasteiger partial charge in [0.05, 0.1) is 18.9 Å². The van der Waals surface area contributed by atoms with Crippen LogP contribution in [0.25, 0.3) is 22.3 Å². The Kier molecular flexibility index (Phi) is 6.73. The van der Waals surface area contributed by atoms with Gasteiger partial charge in [-0.1, -0.05) is 30.3 Å². The Morgan fingerprint density at radius 3 is 2.56 bits per heavy atom. The number of carboxylic acids is 1. The number of halogens is 1. The molecule has 198 valence electrons. The lowest BCUT2D eigenvalue weighted by molar-refractivity contribution is 0.0699. The molecule has 5 aromatic rings. The number of nitrogens with zero attached hydrogens (tertiary/aromatic N) is 3. The second kappa shape index (κ2) is 10.6. The van der Waals surface area contributed by atoms with Gasteiger partial charge < -0.3 is 28.5 Å². The number of imidazole rings is 1. The van der Waals surface area contributed by atoms with Crippen LogP contribution in [0.2, 0.25) is 0 Å². The van der Waals surface area contributed by atoms with Crippen molar-refractivity contribution >= 4 is 22.6 Å². The van der Waals surface area contributed by atoms with Crippen molar-refractivity contribution in [2.45, 2.75) is 13.2 Å². The van der Waals surface area contributed by atoms with Crippen LogP contribution in [0.4, 0.5) is 10.1 Å². The molecule has 1 aliphatic heterocycles. The van der Waals surface area contributed by atoms with Gasteiger partial charge in [-0.2, -0.15) is 0 Å². The lowest BCUT2D eigenvalue weighted by Crippen LogP contribution is -2.36. The van der Waals surface area contributed by atoms with Crippen LogP contribution in [0.3, 0.4) is 0 Å². The van der Waals surface area contributed by atoms with Crippen molar-refractivity contribution in [1.29, 1.82) is 0 Å². The Morgan fingerprint density at radius 2 is 1.82 bits per heavy atom. The fraction of sp³-hybridized carbons (Fsp3) is 0.200. The summed E-state index contributed by atoms with van der Waals surface area (Å²) in [6.45, 7) is 3.29. The summed E-state index contributed by atoms with van der Waals surface area (Å²) in [7, 11) is 0. The highest BCUT2D eigenvalue weighted by molar-refractivity contribution is 6.09. The van der Waals surface area contributed by atoms with E-state index in [0.29, 0.717) is 55.1 Å². The molecule has 6 rings (SSSR count). The van der Waals surface area contributed by atoms with Gasteiger partial charge in [0.15, 0.2) is 0 Å². The van der Waals surface area contributed by atoms with Gasteiger partial charge in [0, 0.05) is 49.0 Å². The van der Waals surface area contributed by atoms with Gasteiger partial charge >= 0.3 is 5.97 Å². The first-order valence-electron chi connectivity index (χ1n) is 12.7. The first kappa shape index (κ1) is 24.7. The maximum atomic E-state index is 13.5. The molecule has 1 aliphatic rings. The Bertz CT molecular complexity index is 1610. The van der Waals surface area contributed by atoms with Crippen LogP contribution in [0.1, 0.15) is 21.7 Å². The van der Waals surface area contributed by atoms with Gasteiger partial charge in [0.2, 0.25) is 0 Å². The number of benzene rings is 3. The number of fused-ring (bicyclic) bond motifs is 1. The van der Waals surface area contributed by atoms with E-state index in [1.54, 1.807) is 12.3 Å². The van der Waals surface area contributed by atoms with Crippen LogP contribution in [-0.4, -0.2) is 46.9 Å². The molecule has 1 N–H and O–H groups in total. The third kappa shape index (κ3) is 5.08. The minimum absolute atomic E-state index is 0.000522. The molecule has 0 atom stereocenters. The smallest absolute Gasteiger partial charge is 0.340 e. The van der Waals surface area contributed by atoms with Crippen molar-refractivity contribution in [2.24, 2.45) is 0 Å². The van der Waals surface area contributed by atoms with E-state index in [4.69, 9.17) is 13.9 Å². The molecule has 1 fully saturated rings. The molecule has 39 heavy (non-hydrogen) atoms. The standard InChI is InChI=1S/C30H26FN3O5/c31-22-8-6-21(7-9-22)29-28(30(35)36)23-16-26(24(17-25(23)39-29)33-12-14-37-15-13-33)38-19-27-32-10-11-34(27)18-20-4-2-1-3-5-20/h1-11,16-17H,12-15,18-19H2,(H,35,36). The van der Waals surface area contributed by atoms with Gasteiger partial charge in [0.25, 0.3) is 0 Å². The number of aromatic carboxylic acids is 1. The molecule has 3 aromatic carbocycles. The third-order valence-corrected chi connectivity index (χ3v) is 6.80.